The van der Waals surface area contributed by atoms with Gasteiger partial charge in [-0.05, 0) is 24.3 Å². The molecule has 0 saturated carbocycles. The zero-order valence-corrected chi connectivity index (χ0v) is 14.6. The van der Waals surface area contributed by atoms with Crippen molar-refractivity contribution >= 4 is 5.91 Å². The van der Waals surface area contributed by atoms with Crippen molar-refractivity contribution < 1.29 is 18.4 Å². The largest absolute Gasteiger partial charge is 0.484 e. The smallest absolute Gasteiger partial charge is 0.289 e. The minimum absolute atomic E-state index is 0.117. The number of hydrogen-bond acceptors (Lipinski definition) is 5. The third kappa shape index (κ3) is 3.35. The lowest BCUT2D eigenvalue weighted by molar-refractivity contribution is 0.0684. The third-order valence-corrected chi connectivity index (χ3v) is 4.39. The van der Waals surface area contributed by atoms with Gasteiger partial charge in [-0.15, -0.1) is 0 Å². The van der Waals surface area contributed by atoms with Crippen LogP contribution in [0, 0.1) is 0 Å². The maximum atomic E-state index is 12.6. The molecule has 6 heteroatoms. The molecule has 0 saturated heterocycles. The second kappa shape index (κ2) is 7.07. The van der Waals surface area contributed by atoms with Crippen LogP contribution >= 0.6 is 0 Å². The summed E-state index contributed by atoms with van der Waals surface area (Å²) in [6.07, 6.45) is 1.43. The molecule has 0 unspecified atom stereocenters. The van der Waals surface area contributed by atoms with Gasteiger partial charge in [-0.3, -0.25) is 4.79 Å². The van der Waals surface area contributed by atoms with Crippen LogP contribution in [0.25, 0.3) is 0 Å². The Balaban J connectivity index is 1.42. The highest BCUT2D eigenvalue weighted by Crippen LogP contribution is 2.23. The summed E-state index contributed by atoms with van der Waals surface area (Å²) in [5, 5.41) is 0. The van der Waals surface area contributed by atoms with E-state index in [0.717, 1.165) is 29.4 Å². The van der Waals surface area contributed by atoms with Crippen LogP contribution in [0.2, 0.25) is 0 Å². The monoisotopic (exact) mass is 352 g/mol. The fourth-order valence-corrected chi connectivity index (χ4v) is 2.98. The highest BCUT2D eigenvalue weighted by molar-refractivity contribution is 5.91. The maximum absolute atomic E-state index is 12.6. The average molecular weight is 352 g/mol. The van der Waals surface area contributed by atoms with Crippen LogP contribution < -0.4 is 4.74 Å². The standard InChI is InChI=1S/C20H20N2O4/c1-2-14-8-9-17(25-14)20(23)22-11-10-16-18(12-22)26-19(21-16)13-24-15-6-4-3-5-7-15/h3-9H,2,10-13H2,1H3. The Bertz CT molecular complexity index is 898. The first-order chi connectivity index (χ1) is 12.7. The van der Waals surface area contributed by atoms with E-state index in [4.69, 9.17) is 13.6 Å². The molecule has 134 valence electrons. The van der Waals surface area contributed by atoms with Gasteiger partial charge >= 0.3 is 0 Å². The van der Waals surface area contributed by atoms with Crippen molar-refractivity contribution in [2.45, 2.75) is 32.9 Å². The number of benzene rings is 1. The van der Waals surface area contributed by atoms with Crippen molar-refractivity contribution in [3.8, 4) is 5.75 Å². The number of furan rings is 1. The van der Waals surface area contributed by atoms with Gasteiger partial charge in [-0.25, -0.2) is 4.98 Å². The molecule has 0 aliphatic carbocycles. The van der Waals surface area contributed by atoms with Gasteiger partial charge in [0.15, 0.2) is 12.4 Å². The van der Waals surface area contributed by atoms with E-state index in [0.29, 0.717) is 31.2 Å². The number of aryl methyl sites for hydroxylation is 1. The molecule has 0 N–H and O–H groups in total. The molecule has 2 aromatic heterocycles. The summed E-state index contributed by atoms with van der Waals surface area (Å²) in [7, 11) is 0. The quantitative estimate of drug-likeness (QED) is 0.702. The van der Waals surface area contributed by atoms with Gasteiger partial charge in [0.25, 0.3) is 5.91 Å². The Morgan fingerprint density at radius 3 is 2.81 bits per heavy atom. The summed E-state index contributed by atoms with van der Waals surface area (Å²) in [6, 6.07) is 13.1. The highest BCUT2D eigenvalue weighted by Gasteiger charge is 2.27. The van der Waals surface area contributed by atoms with Gasteiger partial charge in [-0.2, -0.15) is 0 Å². The molecule has 1 aliphatic heterocycles. The van der Waals surface area contributed by atoms with E-state index in [1.54, 1.807) is 11.0 Å². The van der Waals surface area contributed by atoms with E-state index in [-0.39, 0.29) is 12.5 Å². The van der Waals surface area contributed by atoms with Crippen molar-refractivity contribution in [3.63, 3.8) is 0 Å². The van der Waals surface area contributed by atoms with E-state index in [1.165, 1.54) is 0 Å². The molecule has 0 bridgehead atoms. The first kappa shape index (κ1) is 16.4. The van der Waals surface area contributed by atoms with Crippen LogP contribution in [0.4, 0.5) is 0 Å². The molecule has 3 heterocycles. The molecule has 0 atom stereocenters. The molecule has 3 aromatic rings. The van der Waals surface area contributed by atoms with Crippen molar-refractivity contribution in [1.82, 2.24) is 9.88 Å². The molecular formula is C20H20N2O4. The SMILES string of the molecule is CCc1ccc(C(=O)N2CCc3nc(COc4ccccc4)oc3C2)o1. The maximum Gasteiger partial charge on any atom is 0.289 e. The van der Waals surface area contributed by atoms with Crippen molar-refractivity contribution in [2.24, 2.45) is 0 Å². The summed E-state index contributed by atoms with van der Waals surface area (Å²) < 4.78 is 17.1. The molecule has 26 heavy (non-hydrogen) atoms. The number of carbonyl (C=O) groups is 1. The van der Waals surface area contributed by atoms with Crippen LogP contribution in [-0.4, -0.2) is 22.3 Å². The number of carbonyl (C=O) groups excluding carboxylic acids is 1. The van der Waals surface area contributed by atoms with Gasteiger partial charge in [0.05, 0.1) is 12.2 Å². The van der Waals surface area contributed by atoms with Gasteiger partial charge < -0.3 is 18.5 Å². The van der Waals surface area contributed by atoms with E-state index < -0.39 is 0 Å². The van der Waals surface area contributed by atoms with Crippen molar-refractivity contribution in [1.29, 1.82) is 0 Å². The Hall–Kier alpha value is -3.02. The zero-order valence-electron chi connectivity index (χ0n) is 14.6. The second-order valence-corrected chi connectivity index (χ2v) is 6.18. The predicted octanol–water partition coefficient (Wildman–Crippen LogP) is 3.61. The number of rotatable bonds is 5. The number of para-hydroxylation sites is 1. The van der Waals surface area contributed by atoms with Crippen LogP contribution in [0.15, 0.2) is 51.3 Å². The van der Waals surface area contributed by atoms with E-state index >= 15 is 0 Å². The fourth-order valence-electron chi connectivity index (χ4n) is 2.98. The number of amides is 1. The van der Waals surface area contributed by atoms with Gasteiger partial charge in [0.2, 0.25) is 5.89 Å². The summed E-state index contributed by atoms with van der Waals surface area (Å²) >= 11 is 0. The summed E-state index contributed by atoms with van der Waals surface area (Å²) in [4.78, 5) is 18.8. The highest BCUT2D eigenvalue weighted by atomic mass is 16.5. The molecule has 6 nitrogen and oxygen atoms in total. The number of hydrogen-bond donors (Lipinski definition) is 0. The number of ether oxygens (including phenoxy) is 1. The zero-order chi connectivity index (χ0) is 17.9. The lowest BCUT2D eigenvalue weighted by Crippen LogP contribution is -2.35. The van der Waals surface area contributed by atoms with E-state index in [2.05, 4.69) is 4.98 Å². The van der Waals surface area contributed by atoms with E-state index in [1.807, 2.05) is 43.3 Å². The summed E-state index contributed by atoms with van der Waals surface area (Å²) in [5.41, 5.74) is 0.898. The van der Waals surface area contributed by atoms with Crippen LogP contribution in [0.3, 0.4) is 0 Å². The van der Waals surface area contributed by atoms with Crippen LogP contribution in [0.1, 0.15) is 40.6 Å². The fraction of sp³-hybridized carbons (Fsp3) is 0.300. The molecule has 1 amide bonds. The first-order valence-corrected chi connectivity index (χ1v) is 8.76. The Morgan fingerprint density at radius 2 is 2.04 bits per heavy atom. The Morgan fingerprint density at radius 1 is 1.19 bits per heavy atom. The normalized spacial score (nSPS) is 13.5. The number of oxazole rings is 1. The second-order valence-electron chi connectivity index (χ2n) is 6.18. The number of fused-ring (bicyclic) bond motifs is 1. The third-order valence-electron chi connectivity index (χ3n) is 4.39. The molecule has 0 fully saturated rings. The first-order valence-electron chi connectivity index (χ1n) is 8.76. The number of nitrogens with zero attached hydrogens (tertiary/aromatic N) is 2. The summed E-state index contributed by atoms with van der Waals surface area (Å²) in [5.74, 6) is 3.08. The molecular weight excluding hydrogens is 332 g/mol. The predicted molar refractivity (Wildman–Crippen MR) is 93.8 cm³/mol. The topological polar surface area (TPSA) is 68.7 Å². The summed E-state index contributed by atoms with van der Waals surface area (Å²) in [6.45, 7) is 3.25. The van der Waals surface area contributed by atoms with Gasteiger partial charge in [-0.1, -0.05) is 25.1 Å². The lowest BCUT2D eigenvalue weighted by atomic mass is 10.1. The minimum atomic E-state index is -0.117. The molecule has 1 aliphatic rings. The van der Waals surface area contributed by atoms with Crippen molar-refractivity contribution in [3.05, 3.63) is 71.3 Å². The van der Waals surface area contributed by atoms with Crippen molar-refractivity contribution in [2.75, 3.05) is 6.54 Å². The Kier molecular flexibility index (Phi) is 4.48. The van der Waals surface area contributed by atoms with Crippen LogP contribution in [-0.2, 0) is 26.0 Å². The molecule has 0 spiro atoms. The Labute approximate surface area is 151 Å². The molecule has 4 rings (SSSR count). The average Bonchev–Trinajstić information content (AvgIpc) is 3.32. The molecule has 0 radical (unpaired) electrons. The van der Waals surface area contributed by atoms with Gasteiger partial charge in [0, 0.05) is 19.4 Å². The van der Waals surface area contributed by atoms with Crippen LogP contribution in [0.5, 0.6) is 5.75 Å². The van der Waals surface area contributed by atoms with Gasteiger partial charge in [0.1, 0.15) is 17.3 Å². The lowest BCUT2D eigenvalue weighted by Gasteiger charge is -2.24. The van der Waals surface area contributed by atoms with E-state index in [9.17, 15) is 4.79 Å². The minimum Gasteiger partial charge on any atom is -0.484 e. The molecule has 1 aromatic carbocycles. The number of aromatic nitrogens is 1.